The van der Waals surface area contributed by atoms with Gasteiger partial charge in [0.2, 0.25) is 0 Å². The summed E-state index contributed by atoms with van der Waals surface area (Å²) in [5.74, 6) is 0.885. The molecule has 1 heterocycles. The first-order valence-corrected chi connectivity index (χ1v) is 7.07. The standard InChI is InChI=1S/C13H14ClN3OS/c1-8(19-13-16-15-9(2)17(13)3)12(18)10-4-6-11(14)7-5-10/h4-8H,1-3H3/t8-/m0/s1. The van der Waals surface area contributed by atoms with Crippen LogP contribution in [-0.4, -0.2) is 25.8 Å². The van der Waals surface area contributed by atoms with Gasteiger partial charge in [-0.15, -0.1) is 10.2 Å². The van der Waals surface area contributed by atoms with Crippen LogP contribution >= 0.6 is 23.4 Å². The molecule has 19 heavy (non-hydrogen) atoms. The number of ketones is 1. The topological polar surface area (TPSA) is 47.8 Å². The smallest absolute Gasteiger partial charge is 0.191 e. The van der Waals surface area contributed by atoms with Crippen molar-refractivity contribution in [3.8, 4) is 0 Å². The van der Waals surface area contributed by atoms with Gasteiger partial charge in [0.1, 0.15) is 5.82 Å². The SMILES string of the molecule is Cc1nnc(S[C@@H](C)C(=O)c2ccc(Cl)cc2)n1C. The van der Waals surface area contributed by atoms with E-state index in [1.165, 1.54) is 11.8 Å². The van der Waals surface area contributed by atoms with Crippen molar-refractivity contribution >= 4 is 29.1 Å². The number of carbonyl (C=O) groups excluding carboxylic acids is 1. The second-order valence-corrected chi connectivity index (χ2v) is 5.96. The molecule has 0 N–H and O–H groups in total. The Morgan fingerprint density at radius 1 is 1.32 bits per heavy atom. The number of hydrogen-bond acceptors (Lipinski definition) is 4. The van der Waals surface area contributed by atoms with E-state index in [1.54, 1.807) is 24.3 Å². The first-order chi connectivity index (χ1) is 8.99. The second kappa shape index (κ2) is 5.75. The van der Waals surface area contributed by atoms with Crippen LogP contribution in [0, 0.1) is 6.92 Å². The summed E-state index contributed by atoms with van der Waals surface area (Å²) in [5.41, 5.74) is 0.656. The van der Waals surface area contributed by atoms with E-state index in [0.29, 0.717) is 10.6 Å². The molecule has 2 rings (SSSR count). The van der Waals surface area contributed by atoms with Crippen molar-refractivity contribution in [3.05, 3.63) is 40.7 Å². The normalized spacial score (nSPS) is 12.4. The molecule has 0 bridgehead atoms. The minimum absolute atomic E-state index is 0.0577. The first kappa shape index (κ1) is 14.1. The van der Waals surface area contributed by atoms with Gasteiger partial charge in [0, 0.05) is 17.6 Å². The Morgan fingerprint density at radius 2 is 1.95 bits per heavy atom. The lowest BCUT2D eigenvalue weighted by atomic mass is 10.1. The Kier molecular flexibility index (Phi) is 4.27. The van der Waals surface area contributed by atoms with Gasteiger partial charge in [-0.2, -0.15) is 0 Å². The van der Waals surface area contributed by atoms with Crippen LogP contribution in [-0.2, 0) is 7.05 Å². The molecule has 0 amide bonds. The van der Waals surface area contributed by atoms with E-state index in [-0.39, 0.29) is 11.0 Å². The number of hydrogen-bond donors (Lipinski definition) is 0. The highest BCUT2D eigenvalue weighted by atomic mass is 35.5. The zero-order valence-corrected chi connectivity index (χ0v) is 12.5. The third-order valence-corrected chi connectivity index (χ3v) is 4.22. The monoisotopic (exact) mass is 295 g/mol. The van der Waals surface area contributed by atoms with E-state index in [0.717, 1.165) is 11.0 Å². The summed E-state index contributed by atoms with van der Waals surface area (Å²) >= 11 is 7.22. The minimum atomic E-state index is -0.219. The lowest BCUT2D eigenvalue weighted by Gasteiger charge is -2.09. The summed E-state index contributed by atoms with van der Waals surface area (Å²) in [7, 11) is 1.89. The number of thioether (sulfide) groups is 1. The predicted molar refractivity (Wildman–Crippen MR) is 76.8 cm³/mol. The predicted octanol–water partition coefficient (Wildman–Crippen LogP) is 3.14. The van der Waals surface area contributed by atoms with Crippen LogP contribution in [0.1, 0.15) is 23.1 Å². The van der Waals surface area contributed by atoms with Crippen LogP contribution in [0.3, 0.4) is 0 Å². The molecular formula is C13H14ClN3OS. The molecule has 0 fully saturated rings. The summed E-state index contributed by atoms with van der Waals surface area (Å²) in [6.07, 6.45) is 0. The average Bonchev–Trinajstić information content (AvgIpc) is 2.71. The van der Waals surface area contributed by atoms with Crippen molar-refractivity contribution < 1.29 is 4.79 Å². The number of rotatable bonds is 4. The average molecular weight is 296 g/mol. The molecule has 100 valence electrons. The van der Waals surface area contributed by atoms with Gasteiger partial charge in [-0.1, -0.05) is 23.4 Å². The van der Waals surface area contributed by atoms with Crippen LogP contribution in [0.5, 0.6) is 0 Å². The molecular weight excluding hydrogens is 282 g/mol. The number of benzene rings is 1. The number of carbonyl (C=O) groups is 1. The zero-order chi connectivity index (χ0) is 14.0. The Labute approximate surface area is 121 Å². The third-order valence-electron chi connectivity index (χ3n) is 2.83. The molecule has 0 unspecified atom stereocenters. The number of Topliss-reactive ketones (excluding diaryl/α,β-unsaturated/α-hetero) is 1. The quantitative estimate of drug-likeness (QED) is 0.642. The number of nitrogens with zero attached hydrogens (tertiary/aromatic N) is 3. The van der Waals surface area contributed by atoms with Gasteiger partial charge in [-0.25, -0.2) is 0 Å². The molecule has 0 saturated carbocycles. The number of aromatic nitrogens is 3. The molecule has 1 atom stereocenters. The third kappa shape index (κ3) is 3.16. The van der Waals surface area contributed by atoms with Gasteiger partial charge in [0.25, 0.3) is 0 Å². The van der Waals surface area contributed by atoms with Gasteiger partial charge >= 0.3 is 0 Å². The molecule has 0 spiro atoms. The van der Waals surface area contributed by atoms with E-state index >= 15 is 0 Å². The van der Waals surface area contributed by atoms with E-state index < -0.39 is 0 Å². The van der Waals surface area contributed by atoms with Gasteiger partial charge < -0.3 is 4.57 Å². The molecule has 1 aromatic carbocycles. The van der Waals surface area contributed by atoms with Crippen molar-refractivity contribution in [1.29, 1.82) is 0 Å². The summed E-state index contributed by atoms with van der Waals surface area (Å²) in [4.78, 5) is 12.3. The second-order valence-electron chi connectivity index (χ2n) is 4.22. The summed E-state index contributed by atoms with van der Waals surface area (Å²) < 4.78 is 1.87. The van der Waals surface area contributed by atoms with Crippen molar-refractivity contribution in [1.82, 2.24) is 14.8 Å². The molecule has 0 radical (unpaired) electrons. The van der Waals surface area contributed by atoms with Crippen molar-refractivity contribution in [2.24, 2.45) is 7.05 Å². The summed E-state index contributed by atoms with van der Waals surface area (Å²) in [6.45, 7) is 3.74. The molecule has 0 aliphatic carbocycles. The Bertz CT molecular complexity index is 594. The van der Waals surface area contributed by atoms with Crippen LogP contribution in [0.25, 0.3) is 0 Å². The molecule has 0 aliphatic heterocycles. The van der Waals surface area contributed by atoms with Crippen molar-refractivity contribution in [2.45, 2.75) is 24.3 Å². The molecule has 4 nitrogen and oxygen atoms in total. The van der Waals surface area contributed by atoms with E-state index in [9.17, 15) is 4.79 Å². The molecule has 1 aromatic heterocycles. The summed E-state index contributed by atoms with van der Waals surface area (Å²) in [5, 5.41) is 9.17. The molecule has 2 aromatic rings. The van der Waals surface area contributed by atoms with Crippen LogP contribution in [0.2, 0.25) is 5.02 Å². The van der Waals surface area contributed by atoms with E-state index in [1.807, 2.05) is 25.5 Å². The lowest BCUT2D eigenvalue weighted by Crippen LogP contribution is -2.14. The minimum Gasteiger partial charge on any atom is -0.309 e. The number of aryl methyl sites for hydroxylation is 1. The van der Waals surface area contributed by atoms with Crippen LogP contribution in [0.15, 0.2) is 29.4 Å². The fourth-order valence-corrected chi connectivity index (χ4v) is 2.61. The Balaban J connectivity index is 2.11. The van der Waals surface area contributed by atoms with Crippen LogP contribution in [0.4, 0.5) is 0 Å². The van der Waals surface area contributed by atoms with Crippen molar-refractivity contribution in [2.75, 3.05) is 0 Å². The molecule has 6 heteroatoms. The lowest BCUT2D eigenvalue weighted by molar-refractivity contribution is 0.0994. The summed E-state index contributed by atoms with van der Waals surface area (Å²) in [6, 6.07) is 6.92. The maximum atomic E-state index is 12.3. The van der Waals surface area contributed by atoms with Gasteiger partial charge in [-0.3, -0.25) is 4.79 Å². The fourth-order valence-electron chi connectivity index (χ4n) is 1.55. The zero-order valence-electron chi connectivity index (χ0n) is 10.9. The number of halogens is 1. The molecule has 0 saturated heterocycles. The highest BCUT2D eigenvalue weighted by molar-refractivity contribution is 8.00. The van der Waals surface area contributed by atoms with Crippen molar-refractivity contribution in [3.63, 3.8) is 0 Å². The van der Waals surface area contributed by atoms with E-state index in [2.05, 4.69) is 10.2 Å². The largest absolute Gasteiger partial charge is 0.309 e. The van der Waals surface area contributed by atoms with Gasteiger partial charge in [0.15, 0.2) is 10.9 Å². The van der Waals surface area contributed by atoms with E-state index in [4.69, 9.17) is 11.6 Å². The highest BCUT2D eigenvalue weighted by Gasteiger charge is 2.19. The van der Waals surface area contributed by atoms with Gasteiger partial charge in [-0.05, 0) is 38.1 Å². The Hall–Kier alpha value is -1.33. The Morgan fingerprint density at radius 3 is 2.47 bits per heavy atom. The maximum Gasteiger partial charge on any atom is 0.191 e. The fraction of sp³-hybridized carbons (Fsp3) is 0.308. The maximum absolute atomic E-state index is 12.3. The highest BCUT2D eigenvalue weighted by Crippen LogP contribution is 2.24. The van der Waals surface area contributed by atoms with Gasteiger partial charge in [0.05, 0.1) is 5.25 Å². The molecule has 0 aliphatic rings. The van der Waals surface area contributed by atoms with Crippen LogP contribution < -0.4 is 0 Å². The first-order valence-electron chi connectivity index (χ1n) is 5.81.